The molecule has 4 heteroatoms. The van der Waals surface area contributed by atoms with E-state index in [4.69, 9.17) is 5.73 Å². The van der Waals surface area contributed by atoms with Crippen LogP contribution in [0.1, 0.15) is 25.2 Å². The lowest BCUT2D eigenvalue weighted by Gasteiger charge is -2.15. The van der Waals surface area contributed by atoms with Crippen LogP contribution in [0.2, 0.25) is 0 Å². The topological polar surface area (TPSA) is 51.8 Å². The van der Waals surface area contributed by atoms with E-state index in [2.05, 4.69) is 8.75 Å². The summed E-state index contributed by atoms with van der Waals surface area (Å²) in [6.07, 6.45) is 0. The van der Waals surface area contributed by atoms with Gasteiger partial charge in [0.15, 0.2) is 0 Å². The van der Waals surface area contributed by atoms with Crippen LogP contribution in [0.25, 0.3) is 0 Å². The lowest BCUT2D eigenvalue weighted by molar-refractivity contribution is 0.536. The Labute approximate surface area is 64.6 Å². The van der Waals surface area contributed by atoms with Crippen LogP contribution in [-0.2, 0) is 5.54 Å². The molecule has 56 valence electrons. The van der Waals surface area contributed by atoms with E-state index in [1.54, 1.807) is 0 Å². The van der Waals surface area contributed by atoms with E-state index in [9.17, 15) is 0 Å². The maximum Gasteiger partial charge on any atom is 0.0964 e. The number of aryl methyl sites for hydroxylation is 1. The summed E-state index contributed by atoms with van der Waals surface area (Å²) in [5.41, 5.74) is 7.30. The molecule has 0 aromatic carbocycles. The molecule has 0 bridgehead atoms. The number of nitrogens with zero attached hydrogens (tertiary/aromatic N) is 2. The molecule has 10 heavy (non-hydrogen) atoms. The van der Waals surface area contributed by atoms with Crippen molar-refractivity contribution in [1.82, 2.24) is 8.75 Å². The van der Waals surface area contributed by atoms with Crippen LogP contribution in [0.3, 0.4) is 0 Å². The van der Waals surface area contributed by atoms with E-state index >= 15 is 0 Å². The first kappa shape index (κ1) is 7.63. The first-order valence-corrected chi connectivity index (χ1v) is 3.83. The van der Waals surface area contributed by atoms with Gasteiger partial charge in [-0.2, -0.15) is 8.75 Å². The van der Waals surface area contributed by atoms with Crippen LogP contribution >= 0.6 is 11.7 Å². The molecule has 3 nitrogen and oxygen atoms in total. The molecule has 1 rings (SSSR count). The fourth-order valence-corrected chi connectivity index (χ4v) is 1.51. The van der Waals surface area contributed by atoms with Crippen LogP contribution in [0, 0.1) is 6.92 Å². The summed E-state index contributed by atoms with van der Waals surface area (Å²) in [7, 11) is 0. The first-order chi connectivity index (χ1) is 4.52. The molecule has 1 aromatic rings. The van der Waals surface area contributed by atoms with Gasteiger partial charge in [0, 0.05) is 0 Å². The van der Waals surface area contributed by atoms with Crippen LogP contribution in [-0.4, -0.2) is 8.75 Å². The summed E-state index contributed by atoms with van der Waals surface area (Å²) < 4.78 is 8.13. The summed E-state index contributed by atoms with van der Waals surface area (Å²) in [5, 5.41) is 0. The third kappa shape index (κ3) is 1.33. The van der Waals surface area contributed by atoms with Gasteiger partial charge in [-0.05, 0) is 20.8 Å². The van der Waals surface area contributed by atoms with Crippen LogP contribution in [0.4, 0.5) is 0 Å². The molecular formula is C6H11N3S. The highest BCUT2D eigenvalue weighted by Gasteiger charge is 2.19. The second-order valence-corrected chi connectivity index (χ2v) is 3.45. The Morgan fingerprint density at radius 2 is 2.00 bits per heavy atom. The largest absolute Gasteiger partial charge is 0.320 e. The molecule has 0 atom stereocenters. The summed E-state index contributed by atoms with van der Waals surface area (Å²) in [6.45, 7) is 5.78. The second-order valence-electron chi connectivity index (χ2n) is 2.92. The lowest BCUT2D eigenvalue weighted by Crippen LogP contribution is -2.29. The van der Waals surface area contributed by atoms with Crippen LogP contribution < -0.4 is 5.73 Å². The van der Waals surface area contributed by atoms with Gasteiger partial charge in [0.25, 0.3) is 0 Å². The van der Waals surface area contributed by atoms with Gasteiger partial charge in [-0.1, -0.05) is 0 Å². The lowest BCUT2D eigenvalue weighted by atomic mass is 10.0. The molecule has 0 aliphatic rings. The van der Waals surface area contributed by atoms with Crippen molar-refractivity contribution in [3.8, 4) is 0 Å². The van der Waals surface area contributed by atoms with Crippen molar-refractivity contribution in [2.75, 3.05) is 0 Å². The predicted octanol–water partition coefficient (Wildman–Crippen LogP) is 1.04. The summed E-state index contributed by atoms with van der Waals surface area (Å²) in [5.74, 6) is 0. The Bertz CT molecular complexity index is 223. The monoisotopic (exact) mass is 157 g/mol. The number of nitrogens with two attached hydrogens (primary N) is 1. The zero-order valence-electron chi connectivity index (χ0n) is 6.38. The van der Waals surface area contributed by atoms with Gasteiger partial charge < -0.3 is 5.73 Å². The van der Waals surface area contributed by atoms with Gasteiger partial charge in [-0.3, -0.25) is 0 Å². The first-order valence-electron chi connectivity index (χ1n) is 3.10. The Morgan fingerprint density at radius 3 is 2.20 bits per heavy atom. The molecule has 0 saturated carbocycles. The Kier molecular flexibility index (Phi) is 1.74. The molecule has 0 radical (unpaired) electrons. The predicted molar refractivity (Wildman–Crippen MR) is 41.9 cm³/mol. The minimum Gasteiger partial charge on any atom is -0.320 e. The Morgan fingerprint density at radius 1 is 1.40 bits per heavy atom. The zero-order valence-corrected chi connectivity index (χ0v) is 7.20. The highest BCUT2D eigenvalue weighted by Crippen LogP contribution is 2.17. The average Bonchev–Trinajstić information content (AvgIpc) is 2.11. The van der Waals surface area contributed by atoms with Crippen molar-refractivity contribution in [1.29, 1.82) is 0 Å². The van der Waals surface area contributed by atoms with E-state index in [0.29, 0.717) is 0 Å². The van der Waals surface area contributed by atoms with E-state index < -0.39 is 0 Å². The molecule has 2 N–H and O–H groups in total. The smallest absolute Gasteiger partial charge is 0.0964 e. The Balaban J connectivity index is 3.05. The molecule has 0 fully saturated rings. The molecule has 0 unspecified atom stereocenters. The molecule has 0 spiro atoms. The highest BCUT2D eigenvalue weighted by atomic mass is 32.1. The third-order valence-corrected chi connectivity index (χ3v) is 1.88. The maximum atomic E-state index is 5.81. The van der Waals surface area contributed by atoms with Gasteiger partial charge >= 0.3 is 0 Å². The van der Waals surface area contributed by atoms with Crippen molar-refractivity contribution in [2.45, 2.75) is 26.3 Å². The van der Waals surface area contributed by atoms with Gasteiger partial charge in [0.05, 0.1) is 28.7 Å². The van der Waals surface area contributed by atoms with E-state index in [1.807, 2.05) is 20.8 Å². The fraction of sp³-hybridized carbons (Fsp3) is 0.667. The maximum absolute atomic E-state index is 5.81. The molecule has 0 aliphatic carbocycles. The number of rotatable bonds is 1. The molecule has 0 amide bonds. The summed E-state index contributed by atoms with van der Waals surface area (Å²) in [6, 6.07) is 0. The standard InChI is InChI=1S/C6H11N3S/c1-4-5(6(2,3)7)9-10-8-4/h7H2,1-3H3. The van der Waals surface area contributed by atoms with Gasteiger partial charge in [-0.25, -0.2) is 0 Å². The molecular weight excluding hydrogens is 146 g/mol. The quantitative estimate of drug-likeness (QED) is 0.662. The van der Waals surface area contributed by atoms with E-state index in [1.165, 1.54) is 11.7 Å². The van der Waals surface area contributed by atoms with Crippen molar-refractivity contribution in [3.05, 3.63) is 11.4 Å². The second kappa shape index (κ2) is 2.29. The van der Waals surface area contributed by atoms with Gasteiger partial charge in [0.2, 0.25) is 0 Å². The number of hydrogen-bond acceptors (Lipinski definition) is 4. The Hall–Kier alpha value is -0.480. The van der Waals surface area contributed by atoms with Crippen LogP contribution in [0.5, 0.6) is 0 Å². The fourth-order valence-electron chi connectivity index (χ4n) is 0.816. The molecule has 1 heterocycles. The van der Waals surface area contributed by atoms with E-state index in [0.717, 1.165) is 11.4 Å². The van der Waals surface area contributed by atoms with Crippen molar-refractivity contribution < 1.29 is 0 Å². The number of aromatic nitrogens is 2. The SMILES string of the molecule is Cc1nsnc1C(C)(C)N. The third-order valence-electron chi connectivity index (χ3n) is 1.26. The van der Waals surface area contributed by atoms with Crippen molar-refractivity contribution >= 4 is 11.7 Å². The average molecular weight is 157 g/mol. The molecule has 0 saturated heterocycles. The minimum absolute atomic E-state index is 0.350. The van der Waals surface area contributed by atoms with Crippen molar-refractivity contribution in [2.24, 2.45) is 5.73 Å². The zero-order chi connectivity index (χ0) is 7.78. The molecule has 1 aromatic heterocycles. The van der Waals surface area contributed by atoms with E-state index in [-0.39, 0.29) is 5.54 Å². The molecule has 0 aliphatic heterocycles. The van der Waals surface area contributed by atoms with Crippen LogP contribution in [0.15, 0.2) is 0 Å². The van der Waals surface area contributed by atoms with Crippen molar-refractivity contribution in [3.63, 3.8) is 0 Å². The minimum atomic E-state index is -0.350. The number of hydrogen-bond donors (Lipinski definition) is 1. The summed E-state index contributed by atoms with van der Waals surface area (Å²) >= 11 is 1.21. The summed E-state index contributed by atoms with van der Waals surface area (Å²) in [4.78, 5) is 0. The highest BCUT2D eigenvalue weighted by molar-refractivity contribution is 6.99. The van der Waals surface area contributed by atoms with Gasteiger partial charge in [-0.15, -0.1) is 0 Å². The van der Waals surface area contributed by atoms with Gasteiger partial charge in [0.1, 0.15) is 0 Å². The normalized spacial score (nSPS) is 12.0.